The predicted octanol–water partition coefficient (Wildman–Crippen LogP) is 5.63. The molecule has 1 nitrogen and oxygen atoms in total. The molecule has 5 atom stereocenters. The minimum atomic E-state index is 0.199. The highest BCUT2D eigenvalue weighted by molar-refractivity contribution is 5.92. The second-order valence-electron chi connectivity index (χ2n) is 8.90. The van der Waals surface area contributed by atoms with E-state index in [2.05, 4.69) is 33.4 Å². The molecular weight excluding hydrogens is 280 g/mol. The summed E-state index contributed by atoms with van der Waals surface area (Å²) in [7, 11) is 0. The van der Waals surface area contributed by atoms with Crippen molar-refractivity contribution in [2.75, 3.05) is 0 Å². The van der Waals surface area contributed by atoms with Crippen LogP contribution in [-0.2, 0) is 4.79 Å². The van der Waals surface area contributed by atoms with E-state index in [9.17, 15) is 4.79 Å². The van der Waals surface area contributed by atoms with Crippen LogP contribution in [0.3, 0.4) is 0 Å². The van der Waals surface area contributed by atoms with Crippen LogP contribution in [0, 0.1) is 28.6 Å². The van der Waals surface area contributed by atoms with Gasteiger partial charge in [-0.2, -0.15) is 0 Å². The molecule has 4 rings (SSSR count). The van der Waals surface area contributed by atoms with Crippen molar-refractivity contribution < 1.29 is 4.79 Å². The van der Waals surface area contributed by atoms with Crippen molar-refractivity contribution in [1.29, 1.82) is 0 Å². The molecule has 0 N–H and O–H groups in total. The first kappa shape index (κ1) is 15.4. The van der Waals surface area contributed by atoms with Crippen molar-refractivity contribution in [1.82, 2.24) is 0 Å². The van der Waals surface area contributed by atoms with E-state index in [4.69, 9.17) is 0 Å². The molecule has 0 spiro atoms. The first-order valence-electron chi connectivity index (χ1n) is 9.53. The van der Waals surface area contributed by atoms with Crippen LogP contribution in [0.5, 0.6) is 0 Å². The zero-order chi connectivity index (χ0) is 16.4. The molecule has 0 saturated heterocycles. The van der Waals surface area contributed by atoms with E-state index in [-0.39, 0.29) is 5.41 Å². The molecule has 4 aliphatic carbocycles. The maximum Gasteiger partial charge on any atom is 0.156 e. The Morgan fingerprint density at radius 3 is 2.74 bits per heavy atom. The van der Waals surface area contributed by atoms with Gasteiger partial charge in [-0.05, 0) is 78.8 Å². The molecule has 4 aliphatic rings. The lowest BCUT2D eigenvalue weighted by molar-refractivity contribution is -0.116. The fourth-order valence-electron chi connectivity index (χ4n) is 6.77. The van der Waals surface area contributed by atoms with Crippen LogP contribution in [0.25, 0.3) is 0 Å². The molecule has 124 valence electrons. The van der Waals surface area contributed by atoms with Gasteiger partial charge in [0.2, 0.25) is 0 Å². The molecule has 1 heteroatoms. The summed E-state index contributed by atoms with van der Waals surface area (Å²) >= 11 is 0. The van der Waals surface area contributed by atoms with E-state index in [1.54, 1.807) is 5.57 Å². The number of ketones is 1. The molecule has 0 aromatic carbocycles. The van der Waals surface area contributed by atoms with E-state index in [0.717, 1.165) is 37.0 Å². The van der Waals surface area contributed by atoms with Crippen molar-refractivity contribution >= 4 is 5.78 Å². The van der Waals surface area contributed by atoms with Crippen LogP contribution in [0.1, 0.15) is 65.7 Å². The lowest BCUT2D eigenvalue weighted by Gasteiger charge is -2.58. The first-order chi connectivity index (χ1) is 10.9. The highest BCUT2D eigenvalue weighted by atomic mass is 16.1. The SMILES string of the molecule is C=C1CC2C3CC=C(CC)C3(C)CCC2C2(C)CCC(=O)C=C12. The Labute approximate surface area is 140 Å². The third-order valence-corrected chi connectivity index (χ3v) is 8.05. The minimum Gasteiger partial charge on any atom is -0.295 e. The summed E-state index contributed by atoms with van der Waals surface area (Å²) < 4.78 is 0. The van der Waals surface area contributed by atoms with Crippen LogP contribution >= 0.6 is 0 Å². The van der Waals surface area contributed by atoms with Crippen molar-refractivity contribution in [3.8, 4) is 0 Å². The third kappa shape index (κ3) is 1.95. The number of allylic oxidation sites excluding steroid dienone is 5. The van der Waals surface area contributed by atoms with E-state index < -0.39 is 0 Å². The molecule has 23 heavy (non-hydrogen) atoms. The van der Waals surface area contributed by atoms with Gasteiger partial charge in [-0.25, -0.2) is 0 Å². The Bertz CT molecular complexity index is 636. The Kier molecular flexibility index (Phi) is 3.31. The summed E-state index contributed by atoms with van der Waals surface area (Å²) in [6, 6.07) is 0. The average Bonchev–Trinajstić information content (AvgIpc) is 2.86. The third-order valence-electron chi connectivity index (χ3n) is 8.05. The van der Waals surface area contributed by atoms with Crippen molar-refractivity contribution in [3.05, 3.63) is 35.5 Å². The summed E-state index contributed by atoms with van der Waals surface area (Å²) in [5.74, 6) is 2.62. The molecule has 2 saturated carbocycles. The lowest BCUT2D eigenvalue weighted by atomic mass is 9.46. The van der Waals surface area contributed by atoms with Gasteiger partial charge in [0.1, 0.15) is 0 Å². The first-order valence-corrected chi connectivity index (χ1v) is 9.53. The summed E-state index contributed by atoms with van der Waals surface area (Å²) in [5, 5.41) is 0. The predicted molar refractivity (Wildman–Crippen MR) is 95.0 cm³/mol. The van der Waals surface area contributed by atoms with Crippen molar-refractivity contribution in [3.63, 3.8) is 0 Å². The average molecular weight is 310 g/mol. The smallest absolute Gasteiger partial charge is 0.156 e. The molecule has 0 aromatic rings. The van der Waals surface area contributed by atoms with E-state index in [0.29, 0.717) is 11.2 Å². The second kappa shape index (κ2) is 4.94. The van der Waals surface area contributed by atoms with Crippen molar-refractivity contribution in [2.24, 2.45) is 28.6 Å². The largest absolute Gasteiger partial charge is 0.295 e. The molecule has 0 bridgehead atoms. The highest BCUT2D eigenvalue weighted by Gasteiger charge is 2.57. The maximum absolute atomic E-state index is 12.0. The Hall–Kier alpha value is -1.11. The van der Waals surface area contributed by atoms with Gasteiger partial charge in [0.15, 0.2) is 5.78 Å². The monoisotopic (exact) mass is 310 g/mol. The summed E-state index contributed by atoms with van der Waals surface area (Å²) in [5.41, 5.74) is 4.90. The molecule has 0 aromatic heterocycles. The zero-order valence-corrected chi connectivity index (χ0v) is 15.0. The summed E-state index contributed by atoms with van der Waals surface area (Å²) in [4.78, 5) is 12.0. The Balaban J connectivity index is 1.73. The lowest BCUT2D eigenvalue weighted by Crippen LogP contribution is -2.50. The molecule has 0 aliphatic heterocycles. The Morgan fingerprint density at radius 2 is 2.00 bits per heavy atom. The van der Waals surface area contributed by atoms with Gasteiger partial charge in [-0.3, -0.25) is 4.79 Å². The molecule has 0 amide bonds. The van der Waals surface area contributed by atoms with Crippen molar-refractivity contribution in [2.45, 2.75) is 65.7 Å². The fourth-order valence-corrected chi connectivity index (χ4v) is 6.77. The summed E-state index contributed by atoms with van der Waals surface area (Å²) in [6.45, 7) is 11.7. The zero-order valence-electron chi connectivity index (χ0n) is 15.0. The standard InChI is InChI=1S/C22H30O/c1-5-15-6-7-18-17-12-14(2)20-13-16(23)8-10-22(20,4)19(17)9-11-21(15,18)3/h6,13,17-19H,2,5,7-12H2,1,3-4H3. The van der Waals surface area contributed by atoms with Crippen LogP contribution in [0.15, 0.2) is 35.5 Å². The van der Waals surface area contributed by atoms with Crippen LogP contribution < -0.4 is 0 Å². The van der Waals surface area contributed by atoms with E-state index in [1.807, 2.05) is 6.08 Å². The van der Waals surface area contributed by atoms with Crippen LogP contribution in [0.2, 0.25) is 0 Å². The van der Waals surface area contributed by atoms with Gasteiger partial charge in [0.25, 0.3) is 0 Å². The van der Waals surface area contributed by atoms with Gasteiger partial charge < -0.3 is 0 Å². The number of hydrogen-bond acceptors (Lipinski definition) is 1. The highest BCUT2D eigenvalue weighted by Crippen LogP contribution is 2.66. The number of rotatable bonds is 1. The number of carbonyl (C=O) groups is 1. The quantitative estimate of drug-likeness (QED) is 0.574. The van der Waals surface area contributed by atoms with Gasteiger partial charge in [0, 0.05) is 6.42 Å². The van der Waals surface area contributed by atoms with Gasteiger partial charge in [-0.1, -0.05) is 44.6 Å². The molecule has 5 unspecified atom stereocenters. The minimum absolute atomic E-state index is 0.199. The molecule has 0 radical (unpaired) electrons. The summed E-state index contributed by atoms with van der Waals surface area (Å²) in [6.07, 6.45) is 12.5. The van der Waals surface area contributed by atoms with Crippen LogP contribution in [0.4, 0.5) is 0 Å². The van der Waals surface area contributed by atoms with Gasteiger partial charge >= 0.3 is 0 Å². The molecular formula is C22H30O. The topological polar surface area (TPSA) is 17.1 Å². The second-order valence-corrected chi connectivity index (χ2v) is 8.90. The Morgan fingerprint density at radius 1 is 1.22 bits per heavy atom. The number of hydrogen-bond donors (Lipinski definition) is 0. The fraction of sp³-hybridized carbons (Fsp3) is 0.682. The normalized spacial score (nSPS) is 45.8. The molecule has 0 heterocycles. The van der Waals surface area contributed by atoms with Gasteiger partial charge in [-0.15, -0.1) is 0 Å². The number of carbonyl (C=O) groups excluding carboxylic acids is 1. The number of fused-ring (bicyclic) bond motifs is 5. The maximum atomic E-state index is 12.0. The van der Waals surface area contributed by atoms with E-state index >= 15 is 0 Å². The molecule has 2 fully saturated rings. The van der Waals surface area contributed by atoms with E-state index in [1.165, 1.54) is 36.8 Å². The van der Waals surface area contributed by atoms with Crippen LogP contribution in [-0.4, -0.2) is 5.78 Å². The van der Waals surface area contributed by atoms with Gasteiger partial charge in [0.05, 0.1) is 0 Å².